The van der Waals surface area contributed by atoms with E-state index in [1.165, 1.54) is 29.1 Å². The standard InChI is InChI=1S/C36H36F3N7O3/c1-3-24-28(38)6-5-20-11-23(47)13-26(29(20)24)31-30(39)32-27(16-40-31)33(41-15-21-12-25(21)34(48)46-10-7-19(2)44-46)43-35(42-32)49-18-36-8-4-9-45(36)17-22(37)14-36/h5-7,10-11,13,16,21-22,25,47H,3-4,8-9,12,14-15,17-18H2,1-2H3,(H,41,42,43)/t21-,22+,25+,36-/m0/s1. The Balaban J connectivity index is 1.17. The van der Waals surface area contributed by atoms with Crippen LogP contribution in [-0.2, 0) is 6.42 Å². The van der Waals surface area contributed by atoms with E-state index in [0.29, 0.717) is 48.7 Å². The lowest BCUT2D eigenvalue weighted by molar-refractivity contribution is 0.0863. The Hall–Kier alpha value is -4.78. The number of carbonyl (C=O) groups excluding carboxylic acids is 1. The molecule has 2 saturated heterocycles. The summed E-state index contributed by atoms with van der Waals surface area (Å²) in [5, 5.41) is 19.4. The van der Waals surface area contributed by atoms with Crippen molar-refractivity contribution in [3.8, 4) is 23.0 Å². The van der Waals surface area contributed by atoms with Crippen LogP contribution in [0.4, 0.5) is 19.0 Å². The summed E-state index contributed by atoms with van der Waals surface area (Å²) in [6, 6.07) is 7.46. The maximum Gasteiger partial charge on any atom is 0.319 e. The Labute approximate surface area is 280 Å². The van der Waals surface area contributed by atoms with Gasteiger partial charge in [-0.2, -0.15) is 15.1 Å². The van der Waals surface area contributed by atoms with E-state index in [1.54, 1.807) is 18.3 Å². The number of halogens is 3. The summed E-state index contributed by atoms with van der Waals surface area (Å²) >= 11 is 0. The van der Waals surface area contributed by atoms with Gasteiger partial charge in [-0.3, -0.25) is 14.7 Å². The fourth-order valence-electron chi connectivity index (χ4n) is 7.81. The molecule has 49 heavy (non-hydrogen) atoms. The number of rotatable bonds is 9. The molecule has 4 atom stereocenters. The molecule has 8 rings (SSSR count). The quantitative estimate of drug-likeness (QED) is 0.188. The number of alkyl halides is 1. The highest BCUT2D eigenvalue weighted by atomic mass is 19.1. The number of aryl methyl sites for hydroxylation is 2. The molecule has 10 nitrogen and oxygen atoms in total. The van der Waals surface area contributed by atoms with E-state index in [1.807, 2.05) is 13.8 Å². The Morgan fingerprint density at radius 2 is 2.06 bits per heavy atom. The van der Waals surface area contributed by atoms with Gasteiger partial charge in [-0.05, 0) is 85.7 Å². The second kappa shape index (κ2) is 12.0. The van der Waals surface area contributed by atoms with Crippen LogP contribution in [0, 0.1) is 30.4 Å². The van der Waals surface area contributed by atoms with E-state index in [-0.39, 0.29) is 64.1 Å². The van der Waals surface area contributed by atoms with Crippen molar-refractivity contribution in [1.82, 2.24) is 29.6 Å². The second-order valence-corrected chi connectivity index (χ2v) is 13.6. The Kier molecular flexibility index (Phi) is 7.69. The van der Waals surface area contributed by atoms with Gasteiger partial charge < -0.3 is 15.2 Å². The predicted molar refractivity (Wildman–Crippen MR) is 177 cm³/mol. The molecular weight excluding hydrogens is 635 g/mol. The van der Waals surface area contributed by atoms with Crippen LogP contribution in [-0.4, -0.2) is 78.6 Å². The zero-order chi connectivity index (χ0) is 34.0. The van der Waals surface area contributed by atoms with Gasteiger partial charge >= 0.3 is 6.01 Å². The van der Waals surface area contributed by atoms with Crippen molar-refractivity contribution in [2.24, 2.45) is 11.8 Å². The maximum absolute atomic E-state index is 16.8. The monoisotopic (exact) mass is 671 g/mol. The number of phenols is 1. The highest BCUT2D eigenvalue weighted by molar-refractivity contribution is 6.01. The first-order valence-electron chi connectivity index (χ1n) is 16.8. The molecule has 2 N–H and O–H groups in total. The molecule has 1 saturated carbocycles. The largest absolute Gasteiger partial charge is 0.508 e. The number of phenolic OH excluding ortho intramolecular Hbond substituents is 1. The first kappa shape index (κ1) is 31.5. The van der Waals surface area contributed by atoms with Gasteiger partial charge in [-0.25, -0.2) is 17.9 Å². The minimum Gasteiger partial charge on any atom is -0.508 e. The molecule has 0 amide bonds. The van der Waals surface area contributed by atoms with Crippen LogP contribution in [0.2, 0.25) is 0 Å². The number of aromatic hydroxyl groups is 1. The van der Waals surface area contributed by atoms with Gasteiger partial charge in [0.1, 0.15) is 41.4 Å². The number of benzene rings is 2. The summed E-state index contributed by atoms with van der Waals surface area (Å²) < 4.78 is 53.7. The fourth-order valence-corrected chi connectivity index (χ4v) is 7.81. The number of nitrogens with zero attached hydrogens (tertiary/aromatic N) is 6. The first-order valence-corrected chi connectivity index (χ1v) is 16.8. The number of carbonyl (C=O) groups is 1. The summed E-state index contributed by atoms with van der Waals surface area (Å²) in [5.41, 5.74) is 0.714. The zero-order valence-corrected chi connectivity index (χ0v) is 27.2. The van der Waals surface area contributed by atoms with Gasteiger partial charge in [0.25, 0.3) is 0 Å². The molecular formula is C36H36F3N7O3. The van der Waals surface area contributed by atoms with Gasteiger partial charge in [0.15, 0.2) is 5.82 Å². The Morgan fingerprint density at radius 3 is 2.86 bits per heavy atom. The number of pyridine rings is 1. The molecule has 1 aliphatic carbocycles. The molecule has 254 valence electrons. The smallest absolute Gasteiger partial charge is 0.319 e. The van der Waals surface area contributed by atoms with Gasteiger partial charge in [-0.15, -0.1) is 0 Å². The molecule has 5 aromatic rings. The molecule has 0 spiro atoms. The first-order chi connectivity index (χ1) is 23.6. The minimum absolute atomic E-state index is 0.00963. The van der Waals surface area contributed by atoms with Crippen LogP contribution in [0.25, 0.3) is 32.9 Å². The Bertz CT molecular complexity index is 2120. The fraction of sp³-hybridized carbons (Fsp3) is 0.417. The SMILES string of the molecule is CCc1c(F)ccc2cc(O)cc(-c3ncc4c(NC[C@@H]5C[C@H]5C(=O)n5ccc(C)n5)nc(OC[C@@]56CCCN5C[C@H](F)C6)nc4c3F)c12. The highest BCUT2D eigenvalue weighted by Crippen LogP contribution is 2.43. The average molecular weight is 672 g/mol. The highest BCUT2D eigenvalue weighted by Gasteiger charge is 2.49. The van der Waals surface area contributed by atoms with E-state index in [2.05, 4.69) is 30.3 Å². The number of fused-ring (bicyclic) bond motifs is 3. The van der Waals surface area contributed by atoms with Crippen LogP contribution in [0.3, 0.4) is 0 Å². The summed E-state index contributed by atoms with van der Waals surface area (Å²) in [5.74, 6) is -1.35. The number of anilines is 1. The Morgan fingerprint density at radius 1 is 1.20 bits per heavy atom. The number of nitrogens with one attached hydrogen (secondary N) is 1. The van der Waals surface area contributed by atoms with Crippen molar-refractivity contribution in [3.05, 3.63) is 65.6 Å². The molecule has 5 heterocycles. The molecule has 2 aromatic carbocycles. The third kappa shape index (κ3) is 5.53. The van der Waals surface area contributed by atoms with Crippen molar-refractivity contribution in [2.45, 2.75) is 57.7 Å². The van der Waals surface area contributed by atoms with Crippen LogP contribution in [0.1, 0.15) is 48.7 Å². The molecule has 13 heteroatoms. The van der Waals surface area contributed by atoms with Crippen molar-refractivity contribution in [2.75, 3.05) is 31.6 Å². The molecule has 3 fully saturated rings. The van der Waals surface area contributed by atoms with Crippen LogP contribution in [0.5, 0.6) is 11.8 Å². The number of hydrogen-bond donors (Lipinski definition) is 2. The van der Waals surface area contributed by atoms with E-state index in [4.69, 9.17) is 4.74 Å². The lowest BCUT2D eigenvalue weighted by atomic mass is 9.94. The second-order valence-electron chi connectivity index (χ2n) is 13.6. The van der Waals surface area contributed by atoms with Gasteiger partial charge in [0.2, 0.25) is 5.91 Å². The normalized spacial score (nSPS) is 23.3. The number of aromatic nitrogens is 5. The van der Waals surface area contributed by atoms with Crippen molar-refractivity contribution < 1.29 is 27.8 Å². The summed E-state index contributed by atoms with van der Waals surface area (Å²) in [6.45, 7) is 5.30. The third-order valence-electron chi connectivity index (χ3n) is 10.4. The lowest BCUT2D eigenvalue weighted by Gasteiger charge is -2.30. The predicted octanol–water partition coefficient (Wildman–Crippen LogP) is 6.24. The summed E-state index contributed by atoms with van der Waals surface area (Å²) in [6.07, 6.45) is 5.23. The molecule has 0 radical (unpaired) electrons. The van der Waals surface area contributed by atoms with E-state index < -0.39 is 23.3 Å². The minimum atomic E-state index is -0.945. The van der Waals surface area contributed by atoms with Crippen molar-refractivity contribution >= 4 is 33.4 Å². The van der Waals surface area contributed by atoms with Gasteiger partial charge in [0, 0.05) is 43.4 Å². The van der Waals surface area contributed by atoms with E-state index >= 15 is 4.39 Å². The van der Waals surface area contributed by atoms with Crippen LogP contribution in [0.15, 0.2) is 42.7 Å². The summed E-state index contributed by atoms with van der Waals surface area (Å²) in [7, 11) is 0. The number of ether oxygens (including phenoxy) is 1. The van der Waals surface area contributed by atoms with E-state index in [0.717, 1.165) is 25.1 Å². The molecule has 3 aliphatic rings. The average Bonchev–Trinajstić information content (AvgIpc) is 3.37. The molecule has 0 bridgehead atoms. The number of hydrogen-bond acceptors (Lipinski definition) is 9. The van der Waals surface area contributed by atoms with Crippen molar-refractivity contribution in [3.63, 3.8) is 0 Å². The van der Waals surface area contributed by atoms with E-state index in [9.17, 15) is 18.7 Å². The van der Waals surface area contributed by atoms with Crippen LogP contribution < -0.4 is 10.1 Å². The van der Waals surface area contributed by atoms with Crippen molar-refractivity contribution in [1.29, 1.82) is 0 Å². The third-order valence-corrected chi connectivity index (χ3v) is 10.4. The molecule has 2 aliphatic heterocycles. The summed E-state index contributed by atoms with van der Waals surface area (Å²) in [4.78, 5) is 28.6. The zero-order valence-electron chi connectivity index (χ0n) is 27.2. The van der Waals surface area contributed by atoms with Gasteiger partial charge in [0.05, 0.1) is 16.6 Å². The lowest BCUT2D eigenvalue weighted by Crippen LogP contribution is -2.43. The maximum atomic E-state index is 16.8. The topological polar surface area (TPSA) is 118 Å². The van der Waals surface area contributed by atoms with Gasteiger partial charge in [-0.1, -0.05) is 13.0 Å². The molecule has 0 unspecified atom stereocenters. The molecule has 3 aromatic heterocycles. The van der Waals surface area contributed by atoms with Crippen LogP contribution >= 0.6 is 0 Å².